The van der Waals surface area contributed by atoms with Crippen LogP contribution in [0.5, 0.6) is 0 Å². The van der Waals surface area contributed by atoms with Crippen molar-refractivity contribution in [2.75, 3.05) is 5.73 Å². The molecule has 0 aliphatic carbocycles. The van der Waals surface area contributed by atoms with Gasteiger partial charge < -0.3 is 10.3 Å². The Bertz CT molecular complexity index is 613. The maximum atomic E-state index is 6.40. The average molecular weight is 289 g/mol. The first-order chi connectivity index (χ1) is 9.74. The molecule has 0 saturated carbocycles. The van der Waals surface area contributed by atoms with Gasteiger partial charge in [0.2, 0.25) is 0 Å². The summed E-state index contributed by atoms with van der Waals surface area (Å²) in [6, 6.07) is 0. The first-order valence-corrected chi connectivity index (χ1v) is 7.63. The van der Waals surface area contributed by atoms with Gasteiger partial charge in [0, 0.05) is 30.3 Å². The van der Waals surface area contributed by atoms with Gasteiger partial charge in [-0.3, -0.25) is 4.68 Å². The second-order valence-corrected chi connectivity index (χ2v) is 7.01. The fourth-order valence-electron chi connectivity index (χ4n) is 2.46. The van der Waals surface area contributed by atoms with Gasteiger partial charge in [-0.2, -0.15) is 5.10 Å². The van der Waals surface area contributed by atoms with Gasteiger partial charge in [0.05, 0.1) is 6.20 Å². The number of imidazole rings is 1. The number of aryl methyl sites for hydroxylation is 1. The molecule has 2 aromatic heterocycles. The summed E-state index contributed by atoms with van der Waals surface area (Å²) in [5.74, 6) is 2.30. The fourth-order valence-corrected chi connectivity index (χ4v) is 2.46. The van der Waals surface area contributed by atoms with Crippen molar-refractivity contribution in [1.29, 1.82) is 0 Å². The Kier molecular flexibility index (Phi) is 4.12. The molecule has 5 nitrogen and oxygen atoms in total. The number of anilines is 1. The minimum absolute atomic E-state index is 0.0397. The number of hydrogen-bond acceptors (Lipinski definition) is 3. The van der Waals surface area contributed by atoms with Crippen molar-refractivity contribution < 1.29 is 0 Å². The summed E-state index contributed by atoms with van der Waals surface area (Å²) < 4.78 is 4.05. The lowest BCUT2D eigenvalue weighted by Gasteiger charge is -2.21. The van der Waals surface area contributed by atoms with E-state index >= 15 is 0 Å². The largest absolute Gasteiger partial charge is 0.383 e. The SMILES string of the molecule is CCn1cc(-c2nc(C(C)(C)C)n(CC(C)C)c2N)cn1. The Morgan fingerprint density at radius 3 is 2.43 bits per heavy atom. The summed E-state index contributed by atoms with van der Waals surface area (Å²) in [4.78, 5) is 4.84. The third kappa shape index (κ3) is 3.12. The van der Waals surface area contributed by atoms with Crippen LogP contribution < -0.4 is 5.73 Å². The van der Waals surface area contributed by atoms with Gasteiger partial charge in [0.25, 0.3) is 0 Å². The van der Waals surface area contributed by atoms with Crippen molar-refractivity contribution in [2.24, 2.45) is 5.92 Å². The van der Waals surface area contributed by atoms with E-state index in [1.54, 1.807) is 0 Å². The summed E-state index contributed by atoms with van der Waals surface area (Å²) in [5, 5.41) is 4.33. The zero-order valence-electron chi connectivity index (χ0n) is 14.0. The normalized spacial score (nSPS) is 12.3. The maximum absolute atomic E-state index is 6.40. The molecule has 0 saturated heterocycles. The molecular formula is C16H27N5. The number of hydrogen-bond donors (Lipinski definition) is 1. The zero-order chi connectivity index (χ0) is 15.8. The van der Waals surface area contributed by atoms with Crippen molar-refractivity contribution >= 4 is 5.82 Å². The highest BCUT2D eigenvalue weighted by atomic mass is 15.3. The van der Waals surface area contributed by atoms with Crippen LogP contribution in [0, 0.1) is 5.92 Å². The molecule has 2 rings (SSSR count). The van der Waals surface area contributed by atoms with Crippen molar-refractivity contribution in [3.05, 3.63) is 18.2 Å². The molecule has 0 radical (unpaired) electrons. The highest BCUT2D eigenvalue weighted by molar-refractivity contribution is 5.70. The lowest BCUT2D eigenvalue weighted by atomic mass is 9.95. The molecule has 5 heteroatoms. The van der Waals surface area contributed by atoms with Crippen LogP contribution in [-0.4, -0.2) is 19.3 Å². The molecule has 0 aliphatic heterocycles. The monoisotopic (exact) mass is 289 g/mol. The van der Waals surface area contributed by atoms with Crippen molar-refractivity contribution in [2.45, 2.75) is 60.0 Å². The average Bonchev–Trinajstić information content (AvgIpc) is 2.94. The molecule has 2 N–H and O–H groups in total. The molecule has 116 valence electrons. The van der Waals surface area contributed by atoms with E-state index in [1.807, 2.05) is 17.1 Å². The highest BCUT2D eigenvalue weighted by Crippen LogP contribution is 2.32. The van der Waals surface area contributed by atoms with Gasteiger partial charge in [-0.05, 0) is 12.8 Å². The van der Waals surface area contributed by atoms with Gasteiger partial charge in [0.15, 0.2) is 0 Å². The quantitative estimate of drug-likeness (QED) is 0.939. The lowest BCUT2D eigenvalue weighted by Crippen LogP contribution is -2.21. The second kappa shape index (κ2) is 5.54. The van der Waals surface area contributed by atoms with Crippen LogP contribution in [0.1, 0.15) is 47.4 Å². The van der Waals surface area contributed by atoms with Gasteiger partial charge in [0.1, 0.15) is 17.3 Å². The molecule has 0 fully saturated rings. The Labute approximate surface area is 127 Å². The molecule has 0 unspecified atom stereocenters. The van der Waals surface area contributed by atoms with Crippen LogP contribution in [0.25, 0.3) is 11.3 Å². The second-order valence-electron chi connectivity index (χ2n) is 7.01. The molecule has 21 heavy (non-hydrogen) atoms. The zero-order valence-corrected chi connectivity index (χ0v) is 14.0. The first-order valence-electron chi connectivity index (χ1n) is 7.63. The summed E-state index contributed by atoms with van der Waals surface area (Å²) >= 11 is 0. The number of aromatic nitrogens is 4. The number of nitrogen functional groups attached to an aromatic ring is 1. The van der Waals surface area contributed by atoms with Crippen molar-refractivity contribution in [1.82, 2.24) is 19.3 Å². The molecule has 2 aromatic rings. The fraction of sp³-hybridized carbons (Fsp3) is 0.625. The minimum Gasteiger partial charge on any atom is -0.383 e. The van der Waals surface area contributed by atoms with E-state index in [2.05, 4.69) is 51.2 Å². The van der Waals surface area contributed by atoms with E-state index in [0.29, 0.717) is 5.92 Å². The summed E-state index contributed by atoms with van der Waals surface area (Å²) in [7, 11) is 0. The number of nitrogens with zero attached hydrogens (tertiary/aromatic N) is 4. The molecule has 0 amide bonds. The minimum atomic E-state index is -0.0397. The standard InChI is InChI=1S/C16H27N5/c1-7-20-10-12(8-18-20)13-14(17)21(9-11(2)3)15(19-13)16(4,5)6/h8,10-11H,7,9,17H2,1-6H3. The van der Waals surface area contributed by atoms with E-state index in [0.717, 1.165) is 36.0 Å². The van der Waals surface area contributed by atoms with Crippen LogP contribution >= 0.6 is 0 Å². The molecular weight excluding hydrogens is 262 g/mol. The Morgan fingerprint density at radius 1 is 1.29 bits per heavy atom. The third-order valence-corrected chi connectivity index (χ3v) is 3.46. The summed E-state index contributed by atoms with van der Waals surface area (Å²) in [6.07, 6.45) is 3.85. The van der Waals surface area contributed by atoms with Crippen LogP contribution in [0.15, 0.2) is 12.4 Å². The Hall–Kier alpha value is -1.78. The van der Waals surface area contributed by atoms with Crippen molar-refractivity contribution in [3.8, 4) is 11.3 Å². The number of rotatable bonds is 4. The van der Waals surface area contributed by atoms with E-state index in [1.165, 1.54) is 0 Å². The molecule has 0 bridgehead atoms. The van der Waals surface area contributed by atoms with E-state index in [4.69, 9.17) is 10.7 Å². The first kappa shape index (κ1) is 15.6. The molecule has 0 aromatic carbocycles. The van der Waals surface area contributed by atoms with Crippen LogP contribution in [0.2, 0.25) is 0 Å². The number of nitrogens with two attached hydrogens (primary N) is 1. The molecule has 0 atom stereocenters. The summed E-state index contributed by atoms with van der Waals surface area (Å²) in [6.45, 7) is 14.7. The predicted octanol–water partition coefficient (Wildman–Crippen LogP) is 3.30. The van der Waals surface area contributed by atoms with Gasteiger partial charge in [-0.25, -0.2) is 4.98 Å². The Balaban J connectivity index is 2.55. The summed E-state index contributed by atoms with van der Waals surface area (Å²) in [5.41, 5.74) is 8.19. The lowest BCUT2D eigenvalue weighted by molar-refractivity contribution is 0.455. The van der Waals surface area contributed by atoms with Crippen LogP contribution in [0.3, 0.4) is 0 Å². The maximum Gasteiger partial charge on any atom is 0.131 e. The van der Waals surface area contributed by atoms with Crippen LogP contribution in [-0.2, 0) is 18.5 Å². The predicted molar refractivity (Wildman–Crippen MR) is 87.1 cm³/mol. The molecule has 0 aliphatic rings. The van der Waals surface area contributed by atoms with E-state index < -0.39 is 0 Å². The van der Waals surface area contributed by atoms with Gasteiger partial charge in [-0.1, -0.05) is 34.6 Å². The molecule has 0 spiro atoms. The third-order valence-electron chi connectivity index (χ3n) is 3.46. The smallest absolute Gasteiger partial charge is 0.131 e. The molecule has 2 heterocycles. The van der Waals surface area contributed by atoms with Crippen LogP contribution in [0.4, 0.5) is 5.82 Å². The topological polar surface area (TPSA) is 61.7 Å². The van der Waals surface area contributed by atoms with Gasteiger partial charge in [-0.15, -0.1) is 0 Å². The van der Waals surface area contributed by atoms with Gasteiger partial charge >= 0.3 is 0 Å². The van der Waals surface area contributed by atoms with E-state index in [9.17, 15) is 0 Å². The Morgan fingerprint density at radius 2 is 1.95 bits per heavy atom. The highest BCUT2D eigenvalue weighted by Gasteiger charge is 2.26. The van der Waals surface area contributed by atoms with Crippen molar-refractivity contribution in [3.63, 3.8) is 0 Å². The van der Waals surface area contributed by atoms with E-state index in [-0.39, 0.29) is 5.41 Å².